The quantitative estimate of drug-likeness (QED) is 0.846. The van der Waals surface area contributed by atoms with Crippen LogP contribution in [0, 0.1) is 13.8 Å². The zero-order valence-corrected chi connectivity index (χ0v) is 13.9. The summed E-state index contributed by atoms with van der Waals surface area (Å²) in [6.45, 7) is 9.74. The summed E-state index contributed by atoms with van der Waals surface area (Å²) in [6, 6.07) is 3.54. The number of aryl methyl sites for hydroxylation is 1. The third-order valence-electron chi connectivity index (χ3n) is 3.56. The van der Waals surface area contributed by atoms with Crippen LogP contribution in [0.15, 0.2) is 12.1 Å². The number of hydrogen-bond acceptors (Lipinski definition) is 4. The number of amides is 2. The van der Waals surface area contributed by atoms with Gasteiger partial charge in [-0.3, -0.25) is 9.69 Å². The molecule has 0 atom stereocenters. The molecule has 0 aliphatic heterocycles. The number of ether oxygens (including phenoxy) is 1. The lowest BCUT2D eigenvalue weighted by molar-refractivity contribution is -0.117. The van der Waals surface area contributed by atoms with E-state index in [2.05, 4.69) is 10.6 Å². The summed E-state index contributed by atoms with van der Waals surface area (Å²) < 4.78 is 5.18. The molecule has 0 fully saturated rings. The Labute approximate surface area is 131 Å². The third kappa shape index (κ3) is 4.73. The molecule has 0 saturated heterocycles. The van der Waals surface area contributed by atoms with E-state index >= 15 is 0 Å². The number of benzene rings is 1. The second-order valence-corrected chi connectivity index (χ2v) is 5.03. The molecule has 0 bridgehead atoms. The highest BCUT2D eigenvalue weighted by Crippen LogP contribution is 2.29. The van der Waals surface area contributed by atoms with E-state index in [9.17, 15) is 9.59 Å². The number of nitrogens with one attached hydrogen (secondary N) is 2. The summed E-state index contributed by atoms with van der Waals surface area (Å²) in [5, 5.41) is 5.32. The van der Waals surface area contributed by atoms with E-state index in [1.165, 1.54) is 7.05 Å². The Morgan fingerprint density at radius 3 is 2.36 bits per heavy atom. The Balaban J connectivity index is 2.92. The first-order valence-electron chi connectivity index (χ1n) is 7.44. The van der Waals surface area contributed by atoms with Crippen LogP contribution >= 0.6 is 0 Å². The molecule has 0 unspecified atom stereocenters. The van der Waals surface area contributed by atoms with Crippen LogP contribution in [0.25, 0.3) is 0 Å². The van der Waals surface area contributed by atoms with E-state index < -0.39 is 6.09 Å². The average Bonchev–Trinajstić information content (AvgIpc) is 2.51. The summed E-state index contributed by atoms with van der Waals surface area (Å²) in [5.74, 6) is 0.357. The van der Waals surface area contributed by atoms with Gasteiger partial charge in [0.25, 0.3) is 0 Å². The molecule has 0 aromatic heterocycles. The topological polar surface area (TPSA) is 70.7 Å². The first-order chi connectivity index (χ1) is 10.4. The Morgan fingerprint density at radius 1 is 1.18 bits per heavy atom. The van der Waals surface area contributed by atoms with Gasteiger partial charge in [0.05, 0.1) is 12.2 Å². The number of likely N-dealkylation sites (N-methyl/N-ethyl adjacent to an activating group) is 1. The minimum atomic E-state index is -0.535. The van der Waals surface area contributed by atoms with Crippen molar-refractivity contribution in [3.05, 3.63) is 23.3 Å². The van der Waals surface area contributed by atoms with Crippen molar-refractivity contribution in [2.45, 2.75) is 27.7 Å². The van der Waals surface area contributed by atoms with E-state index in [1.807, 2.05) is 38.7 Å². The van der Waals surface area contributed by atoms with Crippen LogP contribution in [0.4, 0.5) is 10.5 Å². The minimum absolute atomic E-state index is 0.0769. The molecular weight excluding hydrogens is 282 g/mol. The van der Waals surface area contributed by atoms with Gasteiger partial charge in [-0.1, -0.05) is 19.9 Å². The van der Waals surface area contributed by atoms with Crippen molar-refractivity contribution >= 4 is 17.7 Å². The molecule has 1 rings (SSSR count). The van der Waals surface area contributed by atoms with Gasteiger partial charge < -0.3 is 15.4 Å². The molecule has 0 spiro atoms. The van der Waals surface area contributed by atoms with Crippen molar-refractivity contribution in [2.75, 3.05) is 32.0 Å². The lowest BCUT2D eigenvalue weighted by atomic mass is 10.1. The summed E-state index contributed by atoms with van der Waals surface area (Å²) in [5.41, 5.74) is 2.35. The average molecular weight is 307 g/mol. The predicted molar refractivity (Wildman–Crippen MR) is 87.4 cm³/mol. The number of carbonyl (C=O) groups is 2. The maximum absolute atomic E-state index is 12.2. The van der Waals surface area contributed by atoms with Crippen LogP contribution in [0.1, 0.15) is 25.0 Å². The van der Waals surface area contributed by atoms with E-state index in [-0.39, 0.29) is 5.91 Å². The third-order valence-corrected chi connectivity index (χ3v) is 3.56. The van der Waals surface area contributed by atoms with Crippen LogP contribution in [-0.4, -0.2) is 43.6 Å². The Hall–Kier alpha value is -2.08. The molecule has 6 nitrogen and oxygen atoms in total. The van der Waals surface area contributed by atoms with Gasteiger partial charge in [0.15, 0.2) is 0 Å². The van der Waals surface area contributed by atoms with Crippen LogP contribution in [0.2, 0.25) is 0 Å². The summed E-state index contributed by atoms with van der Waals surface area (Å²) in [7, 11) is 1.50. The maximum Gasteiger partial charge on any atom is 0.412 e. The first-order valence-corrected chi connectivity index (χ1v) is 7.44. The molecule has 0 radical (unpaired) electrons. The SMILES string of the molecule is CCN(CC)CC(=O)Nc1c(C)ccc(OC(=O)NC)c1C. The van der Waals surface area contributed by atoms with Crippen molar-refractivity contribution in [3.63, 3.8) is 0 Å². The van der Waals surface area contributed by atoms with Crippen LogP contribution in [0.3, 0.4) is 0 Å². The molecule has 22 heavy (non-hydrogen) atoms. The lowest BCUT2D eigenvalue weighted by Gasteiger charge is -2.19. The second-order valence-electron chi connectivity index (χ2n) is 5.03. The fraction of sp³-hybridized carbons (Fsp3) is 0.500. The highest BCUT2D eigenvalue weighted by atomic mass is 16.6. The van der Waals surface area contributed by atoms with Gasteiger partial charge in [0, 0.05) is 12.6 Å². The zero-order chi connectivity index (χ0) is 16.7. The monoisotopic (exact) mass is 307 g/mol. The fourth-order valence-electron chi connectivity index (χ4n) is 2.11. The van der Waals surface area contributed by atoms with Gasteiger partial charge in [0.1, 0.15) is 5.75 Å². The van der Waals surface area contributed by atoms with Gasteiger partial charge in [-0.25, -0.2) is 4.79 Å². The van der Waals surface area contributed by atoms with Crippen LogP contribution < -0.4 is 15.4 Å². The molecule has 2 N–H and O–H groups in total. The molecule has 122 valence electrons. The van der Waals surface area contributed by atoms with Crippen LogP contribution in [-0.2, 0) is 4.79 Å². The molecule has 0 aliphatic carbocycles. The van der Waals surface area contributed by atoms with Crippen molar-refractivity contribution in [1.29, 1.82) is 0 Å². The lowest BCUT2D eigenvalue weighted by Crippen LogP contribution is -2.33. The second kappa shape index (κ2) is 8.38. The molecule has 2 amide bonds. The van der Waals surface area contributed by atoms with Gasteiger partial charge >= 0.3 is 6.09 Å². The smallest absolute Gasteiger partial charge is 0.410 e. The molecule has 1 aromatic rings. The molecule has 0 aliphatic rings. The molecule has 0 heterocycles. The van der Waals surface area contributed by atoms with E-state index in [0.29, 0.717) is 18.0 Å². The highest BCUT2D eigenvalue weighted by molar-refractivity contribution is 5.94. The highest BCUT2D eigenvalue weighted by Gasteiger charge is 2.14. The van der Waals surface area contributed by atoms with Gasteiger partial charge in [-0.05, 0) is 38.6 Å². The maximum atomic E-state index is 12.2. The number of carbonyl (C=O) groups excluding carboxylic acids is 2. The Morgan fingerprint density at radius 2 is 1.82 bits per heavy atom. The van der Waals surface area contributed by atoms with Gasteiger partial charge in [-0.2, -0.15) is 0 Å². The summed E-state index contributed by atoms with van der Waals surface area (Å²) in [6.07, 6.45) is -0.535. The number of nitrogens with zero attached hydrogens (tertiary/aromatic N) is 1. The summed E-state index contributed by atoms with van der Waals surface area (Å²) in [4.78, 5) is 25.5. The summed E-state index contributed by atoms with van der Waals surface area (Å²) >= 11 is 0. The molecule has 0 saturated carbocycles. The van der Waals surface area contributed by atoms with Crippen molar-refractivity contribution in [2.24, 2.45) is 0 Å². The number of hydrogen-bond donors (Lipinski definition) is 2. The first kappa shape index (κ1) is 18.0. The Kier molecular flexibility index (Phi) is 6.85. The van der Waals surface area contributed by atoms with Gasteiger partial charge in [-0.15, -0.1) is 0 Å². The minimum Gasteiger partial charge on any atom is -0.410 e. The van der Waals surface area contributed by atoms with Crippen molar-refractivity contribution in [1.82, 2.24) is 10.2 Å². The molecule has 6 heteroatoms. The Bertz CT molecular complexity index is 540. The van der Waals surface area contributed by atoms with Crippen molar-refractivity contribution < 1.29 is 14.3 Å². The predicted octanol–water partition coefficient (Wildman–Crippen LogP) is 2.30. The van der Waals surface area contributed by atoms with E-state index in [0.717, 1.165) is 24.2 Å². The standard InChI is InChI=1S/C16H25N3O3/c1-6-19(7-2)10-14(20)18-15-11(3)8-9-13(12(15)4)22-16(21)17-5/h8-9H,6-7,10H2,1-5H3,(H,17,21)(H,18,20). The molecule has 1 aromatic carbocycles. The van der Waals surface area contributed by atoms with Gasteiger partial charge in [0.2, 0.25) is 5.91 Å². The molecular formula is C16H25N3O3. The number of anilines is 1. The normalized spacial score (nSPS) is 10.5. The van der Waals surface area contributed by atoms with E-state index in [4.69, 9.17) is 4.74 Å². The number of rotatable bonds is 6. The van der Waals surface area contributed by atoms with Crippen LogP contribution in [0.5, 0.6) is 5.75 Å². The van der Waals surface area contributed by atoms with Crippen molar-refractivity contribution in [3.8, 4) is 5.75 Å². The zero-order valence-electron chi connectivity index (χ0n) is 13.9. The largest absolute Gasteiger partial charge is 0.412 e. The fourth-order valence-corrected chi connectivity index (χ4v) is 2.11. The van der Waals surface area contributed by atoms with E-state index in [1.54, 1.807) is 6.07 Å².